The molecule has 4 nitrogen and oxygen atoms in total. The molecule has 2 amide bonds. The van der Waals surface area contributed by atoms with Crippen molar-refractivity contribution in [1.82, 2.24) is 10.2 Å². The first kappa shape index (κ1) is 12.9. The van der Waals surface area contributed by atoms with Gasteiger partial charge >= 0.3 is 0 Å². The largest absolute Gasteiger partial charge is 0.342 e. The lowest BCUT2D eigenvalue weighted by atomic mass is 9.80. The number of likely N-dealkylation sites (N-methyl/N-ethyl adjacent to an activating group) is 1. The van der Waals surface area contributed by atoms with E-state index in [0.717, 1.165) is 38.5 Å². The molecule has 1 spiro atoms. The van der Waals surface area contributed by atoms with Crippen molar-refractivity contribution in [3.8, 4) is 0 Å². The zero-order valence-corrected chi connectivity index (χ0v) is 11.8. The molecular formula is C15H24N2O2. The number of rotatable bonds is 1. The molecule has 3 fully saturated rings. The zero-order chi connectivity index (χ0) is 13.5. The summed E-state index contributed by atoms with van der Waals surface area (Å²) < 4.78 is 0. The van der Waals surface area contributed by atoms with E-state index in [1.54, 1.807) is 4.90 Å². The Hall–Kier alpha value is -1.06. The molecule has 0 aromatic carbocycles. The fourth-order valence-electron chi connectivity index (χ4n) is 4.22. The van der Waals surface area contributed by atoms with Crippen LogP contribution in [0.4, 0.5) is 0 Å². The van der Waals surface area contributed by atoms with Crippen LogP contribution >= 0.6 is 0 Å². The highest BCUT2D eigenvalue weighted by Crippen LogP contribution is 2.39. The molecule has 1 N–H and O–H groups in total. The summed E-state index contributed by atoms with van der Waals surface area (Å²) >= 11 is 0. The number of nitrogens with one attached hydrogen (secondary N) is 1. The van der Waals surface area contributed by atoms with Gasteiger partial charge in [-0.05, 0) is 31.6 Å². The van der Waals surface area contributed by atoms with Crippen LogP contribution in [0.1, 0.15) is 57.8 Å². The number of carbonyl (C=O) groups is 2. The van der Waals surface area contributed by atoms with Gasteiger partial charge in [0.15, 0.2) is 0 Å². The minimum atomic E-state index is -0.526. The number of amides is 2. The van der Waals surface area contributed by atoms with E-state index in [0.29, 0.717) is 5.92 Å². The summed E-state index contributed by atoms with van der Waals surface area (Å²) in [5.41, 5.74) is -0.526. The van der Waals surface area contributed by atoms with Gasteiger partial charge in [0.25, 0.3) is 0 Å². The first-order valence-electron chi connectivity index (χ1n) is 7.74. The molecule has 3 aliphatic rings. The van der Waals surface area contributed by atoms with E-state index in [4.69, 9.17) is 0 Å². The van der Waals surface area contributed by atoms with E-state index in [1.807, 2.05) is 7.05 Å². The minimum Gasteiger partial charge on any atom is -0.342 e. The highest BCUT2D eigenvalue weighted by molar-refractivity contribution is 6.00. The van der Waals surface area contributed by atoms with Crippen molar-refractivity contribution in [1.29, 1.82) is 0 Å². The molecule has 0 aromatic rings. The second-order valence-corrected chi connectivity index (χ2v) is 6.49. The Morgan fingerprint density at radius 3 is 2.32 bits per heavy atom. The number of hydrogen-bond donors (Lipinski definition) is 1. The average molecular weight is 264 g/mol. The van der Waals surface area contributed by atoms with Crippen LogP contribution in [0.5, 0.6) is 0 Å². The molecular weight excluding hydrogens is 240 g/mol. The molecule has 1 atom stereocenters. The molecule has 1 unspecified atom stereocenters. The number of nitrogens with zero attached hydrogens (tertiary/aromatic N) is 1. The van der Waals surface area contributed by atoms with Crippen LogP contribution in [-0.4, -0.2) is 35.3 Å². The summed E-state index contributed by atoms with van der Waals surface area (Å²) in [6, 6.07) is -0.260. The summed E-state index contributed by atoms with van der Waals surface area (Å²) in [6.45, 7) is 0. The number of carbonyl (C=O) groups excluding carboxylic acids is 2. The third-order valence-electron chi connectivity index (χ3n) is 5.50. The lowest BCUT2D eigenvalue weighted by Crippen LogP contribution is -2.70. The van der Waals surface area contributed by atoms with Gasteiger partial charge in [-0.2, -0.15) is 0 Å². The van der Waals surface area contributed by atoms with Crippen LogP contribution in [0.25, 0.3) is 0 Å². The summed E-state index contributed by atoms with van der Waals surface area (Å²) in [5, 5.41) is 3.07. The second-order valence-electron chi connectivity index (χ2n) is 6.49. The number of piperazine rings is 1. The average Bonchev–Trinajstić information content (AvgIpc) is 2.93. The van der Waals surface area contributed by atoms with Crippen LogP contribution in [-0.2, 0) is 9.59 Å². The Balaban J connectivity index is 1.80. The maximum absolute atomic E-state index is 12.6. The maximum Gasteiger partial charge on any atom is 0.246 e. The van der Waals surface area contributed by atoms with Crippen LogP contribution in [0.3, 0.4) is 0 Å². The van der Waals surface area contributed by atoms with Gasteiger partial charge in [-0.15, -0.1) is 0 Å². The standard InChI is InChI=1S/C15H24N2O2/c1-17-13(18)12(11-7-3-2-4-8-11)16-14(19)15(17)9-5-6-10-15/h11-12H,2-10H2,1H3,(H,16,19). The van der Waals surface area contributed by atoms with Gasteiger partial charge in [-0.3, -0.25) is 9.59 Å². The number of hydrogen-bond acceptors (Lipinski definition) is 2. The Labute approximate surface area is 114 Å². The fraction of sp³-hybridized carbons (Fsp3) is 0.867. The van der Waals surface area contributed by atoms with Gasteiger partial charge in [0.1, 0.15) is 11.6 Å². The third-order valence-corrected chi connectivity index (χ3v) is 5.50. The van der Waals surface area contributed by atoms with Crippen molar-refractivity contribution in [3.05, 3.63) is 0 Å². The predicted octanol–water partition coefficient (Wildman–Crippen LogP) is 1.84. The van der Waals surface area contributed by atoms with E-state index in [2.05, 4.69) is 5.32 Å². The van der Waals surface area contributed by atoms with Gasteiger partial charge in [-0.25, -0.2) is 0 Å². The Morgan fingerprint density at radius 1 is 1.05 bits per heavy atom. The van der Waals surface area contributed by atoms with E-state index in [-0.39, 0.29) is 17.9 Å². The van der Waals surface area contributed by atoms with E-state index in [9.17, 15) is 9.59 Å². The molecule has 2 aliphatic carbocycles. The molecule has 2 saturated carbocycles. The molecule has 1 heterocycles. The molecule has 1 aliphatic heterocycles. The van der Waals surface area contributed by atoms with E-state index < -0.39 is 5.54 Å². The molecule has 106 valence electrons. The third kappa shape index (κ3) is 1.96. The van der Waals surface area contributed by atoms with Crippen LogP contribution in [0, 0.1) is 5.92 Å². The van der Waals surface area contributed by atoms with Gasteiger partial charge in [0.2, 0.25) is 11.8 Å². The highest BCUT2D eigenvalue weighted by Gasteiger charge is 2.53. The normalized spacial score (nSPS) is 31.8. The molecule has 0 aromatic heterocycles. The van der Waals surface area contributed by atoms with Gasteiger partial charge in [0, 0.05) is 7.05 Å². The first-order valence-corrected chi connectivity index (χ1v) is 7.74. The first-order chi connectivity index (χ1) is 9.15. The Morgan fingerprint density at radius 2 is 1.68 bits per heavy atom. The summed E-state index contributed by atoms with van der Waals surface area (Å²) in [4.78, 5) is 26.9. The fourth-order valence-corrected chi connectivity index (χ4v) is 4.22. The van der Waals surface area contributed by atoms with Gasteiger partial charge in [0.05, 0.1) is 0 Å². The SMILES string of the molecule is CN1C(=O)C(C2CCCCC2)NC(=O)C12CCCC2. The zero-order valence-electron chi connectivity index (χ0n) is 11.8. The van der Waals surface area contributed by atoms with Crippen LogP contribution in [0.15, 0.2) is 0 Å². The summed E-state index contributed by atoms with van der Waals surface area (Å²) in [6.07, 6.45) is 9.59. The minimum absolute atomic E-state index is 0.0997. The molecule has 0 bridgehead atoms. The Kier molecular flexibility index (Phi) is 3.27. The van der Waals surface area contributed by atoms with Crippen molar-refractivity contribution < 1.29 is 9.59 Å². The van der Waals surface area contributed by atoms with Crippen molar-refractivity contribution in [2.45, 2.75) is 69.4 Å². The predicted molar refractivity (Wildman–Crippen MR) is 72.5 cm³/mol. The Bertz CT molecular complexity index is 382. The van der Waals surface area contributed by atoms with Gasteiger partial charge < -0.3 is 10.2 Å². The second kappa shape index (κ2) is 4.80. The molecule has 3 rings (SSSR count). The smallest absolute Gasteiger partial charge is 0.246 e. The van der Waals surface area contributed by atoms with Crippen LogP contribution < -0.4 is 5.32 Å². The maximum atomic E-state index is 12.6. The van der Waals surface area contributed by atoms with Gasteiger partial charge in [-0.1, -0.05) is 32.1 Å². The lowest BCUT2D eigenvalue weighted by Gasteiger charge is -2.46. The van der Waals surface area contributed by atoms with Crippen molar-refractivity contribution in [2.75, 3.05) is 7.05 Å². The molecule has 4 heteroatoms. The monoisotopic (exact) mass is 264 g/mol. The summed E-state index contributed by atoms with van der Waals surface area (Å²) in [7, 11) is 1.84. The van der Waals surface area contributed by atoms with Crippen LogP contribution in [0.2, 0.25) is 0 Å². The quantitative estimate of drug-likeness (QED) is 0.785. The van der Waals surface area contributed by atoms with Crippen molar-refractivity contribution >= 4 is 11.8 Å². The van der Waals surface area contributed by atoms with E-state index >= 15 is 0 Å². The molecule has 1 saturated heterocycles. The topological polar surface area (TPSA) is 49.4 Å². The molecule has 0 radical (unpaired) electrons. The summed E-state index contributed by atoms with van der Waals surface area (Å²) in [5.74, 6) is 0.600. The van der Waals surface area contributed by atoms with Crippen molar-refractivity contribution in [2.24, 2.45) is 5.92 Å². The van der Waals surface area contributed by atoms with E-state index in [1.165, 1.54) is 19.3 Å². The lowest BCUT2D eigenvalue weighted by molar-refractivity contribution is -0.157. The molecule has 19 heavy (non-hydrogen) atoms. The highest BCUT2D eigenvalue weighted by atomic mass is 16.2. The van der Waals surface area contributed by atoms with Crippen molar-refractivity contribution in [3.63, 3.8) is 0 Å².